The first kappa shape index (κ1) is 23.6. The Labute approximate surface area is 194 Å². The van der Waals surface area contributed by atoms with Crippen LogP contribution in [0.3, 0.4) is 0 Å². The Morgan fingerprint density at radius 1 is 1.15 bits per heavy atom. The predicted molar refractivity (Wildman–Crippen MR) is 118 cm³/mol. The second-order valence-corrected chi connectivity index (χ2v) is 8.26. The van der Waals surface area contributed by atoms with E-state index in [9.17, 15) is 22.4 Å². The molecule has 0 spiro atoms. The van der Waals surface area contributed by atoms with Gasteiger partial charge in [0.15, 0.2) is 5.82 Å². The molecular formula is C24H23F4N5O. The molecule has 0 unspecified atom stereocenters. The van der Waals surface area contributed by atoms with E-state index in [1.807, 2.05) is 6.92 Å². The highest BCUT2D eigenvalue weighted by atomic mass is 19.4. The fourth-order valence-electron chi connectivity index (χ4n) is 4.17. The third kappa shape index (κ3) is 5.16. The van der Waals surface area contributed by atoms with Gasteiger partial charge >= 0.3 is 6.18 Å². The molecule has 0 aliphatic carbocycles. The average molecular weight is 473 g/mol. The number of hydrogen-bond acceptors (Lipinski definition) is 5. The van der Waals surface area contributed by atoms with Crippen molar-refractivity contribution in [1.29, 1.82) is 0 Å². The number of aromatic nitrogens is 3. The van der Waals surface area contributed by atoms with Crippen molar-refractivity contribution in [3.05, 3.63) is 71.9 Å². The standard InChI is InChI=1S/C24H23F4N5O/c1-15-4-2-11-33(20(15)14-32-21-8-5-16(13-31-21)24(26,27)28)23(34)18-7-6-17(25)12-19(18)22-29-9-3-10-30-22/h3,5-10,12-13,15,20H,2,4,11,14H2,1H3,(H,31,32)/t15-,20-/m1/s1. The molecule has 1 N–H and O–H groups in total. The molecule has 1 aliphatic heterocycles. The summed E-state index contributed by atoms with van der Waals surface area (Å²) in [5, 5.41) is 3.06. The van der Waals surface area contributed by atoms with E-state index in [4.69, 9.17) is 0 Å². The van der Waals surface area contributed by atoms with Crippen LogP contribution in [0.15, 0.2) is 55.0 Å². The van der Waals surface area contributed by atoms with E-state index in [1.54, 1.807) is 11.0 Å². The number of nitrogens with one attached hydrogen (secondary N) is 1. The minimum atomic E-state index is -4.46. The SMILES string of the molecule is C[C@@H]1CCCN(C(=O)c2ccc(F)cc2-c2ncccn2)[C@@H]1CNc1ccc(C(F)(F)F)cn1. The van der Waals surface area contributed by atoms with E-state index >= 15 is 0 Å². The van der Waals surface area contributed by atoms with Crippen molar-refractivity contribution in [3.8, 4) is 11.4 Å². The molecule has 1 fully saturated rings. The Kier molecular flexibility index (Phi) is 6.76. The number of nitrogens with zero attached hydrogens (tertiary/aromatic N) is 4. The number of likely N-dealkylation sites (tertiary alicyclic amines) is 1. The molecule has 2 atom stereocenters. The van der Waals surface area contributed by atoms with Gasteiger partial charge in [-0.3, -0.25) is 4.79 Å². The van der Waals surface area contributed by atoms with E-state index in [0.717, 1.165) is 25.1 Å². The fraction of sp³-hybridized carbons (Fsp3) is 0.333. The zero-order valence-electron chi connectivity index (χ0n) is 18.4. The lowest BCUT2D eigenvalue weighted by molar-refractivity contribution is -0.137. The topological polar surface area (TPSA) is 71.0 Å². The van der Waals surface area contributed by atoms with Crippen LogP contribution >= 0.6 is 0 Å². The molecule has 3 heterocycles. The van der Waals surface area contributed by atoms with Crippen molar-refractivity contribution in [2.45, 2.75) is 32.0 Å². The van der Waals surface area contributed by atoms with Crippen LogP contribution < -0.4 is 5.32 Å². The minimum Gasteiger partial charge on any atom is -0.368 e. The second kappa shape index (κ2) is 9.74. The molecule has 1 saturated heterocycles. The number of carbonyl (C=O) groups is 1. The van der Waals surface area contributed by atoms with E-state index in [0.29, 0.717) is 30.0 Å². The average Bonchev–Trinajstić information content (AvgIpc) is 2.83. The van der Waals surface area contributed by atoms with Gasteiger partial charge in [0.25, 0.3) is 5.91 Å². The highest BCUT2D eigenvalue weighted by Gasteiger charge is 2.34. The van der Waals surface area contributed by atoms with Crippen LogP contribution in [-0.4, -0.2) is 44.9 Å². The van der Waals surface area contributed by atoms with Gasteiger partial charge in [0.05, 0.1) is 17.2 Å². The van der Waals surface area contributed by atoms with Gasteiger partial charge in [0.2, 0.25) is 0 Å². The zero-order chi connectivity index (χ0) is 24.3. The van der Waals surface area contributed by atoms with Crippen LogP contribution in [0.4, 0.5) is 23.4 Å². The van der Waals surface area contributed by atoms with Crippen LogP contribution in [0.25, 0.3) is 11.4 Å². The van der Waals surface area contributed by atoms with E-state index < -0.39 is 17.6 Å². The molecule has 178 valence electrons. The molecule has 1 amide bonds. The van der Waals surface area contributed by atoms with Crippen LogP contribution in [0.1, 0.15) is 35.7 Å². The third-order valence-corrected chi connectivity index (χ3v) is 5.98. The second-order valence-electron chi connectivity index (χ2n) is 8.26. The molecule has 10 heteroatoms. The van der Waals surface area contributed by atoms with Crippen molar-refractivity contribution >= 4 is 11.7 Å². The lowest BCUT2D eigenvalue weighted by Crippen LogP contribution is -2.51. The smallest absolute Gasteiger partial charge is 0.368 e. The number of amides is 1. The number of halogens is 4. The number of rotatable bonds is 5. The molecule has 0 bridgehead atoms. The Hall–Kier alpha value is -3.56. The largest absolute Gasteiger partial charge is 0.417 e. The van der Waals surface area contributed by atoms with Gasteiger partial charge in [0, 0.05) is 37.2 Å². The van der Waals surface area contributed by atoms with Crippen LogP contribution in [0.5, 0.6) is 0 Å². The quantitative estimate of drug-likeness (QED) is 0.525. The number of alkyl halides is 3. The Morgan fingerprint density at radius 3 is 2.59 bits per heavy atom. The summed E-state index contributed by atoms with van der Waals surface area (Å²) in [6, 6.07) is 7.54. The van der Waals surface area contributed by atoms with Crippen molar-refractivity contribution in [2.24, 2.45) is 5.92 Å². The molecule has 0 radical (unpaired) electrons. The summed E-state index contributed by atoms with van der Waals surface area (Å²) in [7, 11) is 0. The first-order valence-corrected chi connectivity index (χ1v) is 10.9. The van der Waals surface area contributed by atoms with Gasteiger partial charge in [-0.25, -0.2) is 19.3 Å². The summed E-state index contributed by atoms with van der Waals surface area (Å²) in [5.41, 5.74) is -0.229. The Morgan fingerprint density at radius 2 is 1.91 bits per heavy atom. The van der Waals surface area contributed by atoms with Crippen LogP contribution in [0, 0.1) is 11.7 Å². The number of hydrogen-bond donors (Lipinski definition) is 1. The molecule has 6 nitrogen and oxygen atoms in total. The van der Waals surface area contributed by atoms with Gasteiger partial charge in [-0.1, -0.05) is 6.92 Å². The lowest BCUT2D eigenvalue weighted by Gasteiger charge is -2.40. The maximum absolute atomic E-state index is 14.0. The summed E-state index contributed by atoms with van der Waals surface area (Å²) in [4.78, 5) is 27.5. The molecule has 1 aliphatic rings. The lowest BCUT2D eigenvalue weighted by atomic mass is 9.89. The molecule has 2 aromatic heterocycles. The number of benzene rings is 1. The molecule has 34 heavy (non-hydrogen) atoms. The number of piperidine rings is 1. The Balaban J connectivity index is 1.56. The summed E-state index contributed by atoms with van der Waals surface area (Å²) >= 11 is 0. The molecule has 1 aromatic carbocycles. The van der Waals surface area contributed by atoms with Gasteiger partial charge in [-0.2, -0.15) is 13.2 Å². The Bertz CT molecular complexity index is 1140. The first-order chi connectivity index (χ1) is 16.2. The fourth-order valence-corrected chi connectivity index (χ4v) is 4.17. The third-order valence-electron chi connectivity index (χ3n) is 5.98. The monoisotopic (exact) mass is 473 g/mol. The molecule has 0 saturated carbocycles. The normalized spacial score (nSPS) is 18.6. The van der Waals surface area contributed by atoms with Crippen molar-refractivity contribution in [1.82, 2.24) is 19.9 Å². The highest BCUT2D eigenvalue weighted by molar-refractivity contribution is 6.00. The summed E-state index contributed by atoms with van der Waals surface area (Å²) in [6.45, 7) is 2.84. The highest BCUT2D eigenvalue weighted by Crippen LogP contribution is 2.30. The molecular weight excluding hydrogens is 450 g/mol. The van der Waals surface area contributed by atoms with E-state index in [1.165, 1.54) is 36.7 Å². The van der Waals surface area contributed by atoms with E-state index in [2.05, 4.69) is 20.3 Å². The predicted octanol–water partition coefficient (Wildman–Crippen LogP) is 5.05. The van der Waals surface area contributed by atoms with Gasteiger partial charge in [0.1, 0.15) is 11.6 Å². The van der Waals surface area contributed by atoms with Gasteiger partial charge in [-0.15, -0.1) is 0 Å². The summed E-state index contributed by atoms with van der Waals surface area (Å²) in [6.07, 6.45) is 1.07. The summed E-state index contributed by atoms with van der Waals surface area (Å²) in [5.74, 6) is -0.104. The first-order valence-electron chi connectivity index (χ1n) is 10.9. The summed E-state index contributed by atoms with van der Waals surface area (Å²) < 4.78 is 52.4. The van der Waals surface area contributed by atoms with Crippen molar-refractivity contribution < 1.29 is 22.4 Å². The van der Waals surface area contributed by atoms with Crippen molar-refractivity contribution in [2.75, 3.05) is 18.4 Å². The van der Waals surface area contributed by atoms with E-state index in [-0.39, 0.29) is 23.7 Å². The number of anilines is 1. The van der Waals surface area contributed by atoms with Gasteiger partial charge < -0.3 is 10.2 Å². The molecule has 4 rings (SSSR count). The minimum absolute atomic E-state index is 0.136. The maximum Gasteiger partial charge on any atom is 0.417 e. The van der Waals surface area contributed by atoms with Crippen molar-refractivity contribution in [3.63, 3.8) is 0 Å². The zero-order valence-corrected chi connectivity index (χ0v) is 18.4. The van der Waals surface area contributed by atoms with Crippen LogP contribution in [-0.2, 0) is 6.18 Å². The molecule has 3 aromatic rings. The van der Waals surface area contributed by atoms with Gasteiger partial charge in [-0.05, 0) is 55.2 Å². The number of pyridine rings is 1. The maximum atomic E-state index is 14.0. The van der Waals surface area contributed by atoms with Crippen LogP contribution in [0.2, 0.25) is 0 Å². The number of carbonyl (C=O) groups excluding carboxylic acids is 1.